The standard InChI is InChI=1S/C13H6O4/c14-8-1-3-10(16)12-6(8)5-7-9(15)2-4-11(17)13(7)12/h1-5,14H. The number of hydrogen-bond acceptors (Lipinski definition) is 4. The third-order valence-electron chi connectivity index (χ3n) is 2.89. The minimum atomic E-state index is -0.378. The summed E-state index contributed by atoms with van der Waals surface area (Å²) < 4.78 is 0. The van der Waals surface area contributed by atoms with Gasteiger partial charge in [-0.05, 0) is 30.3 Å². The Morgan fingerprint density at radius 1 is 0.706 bits per heavy atom. The second-order valence-corrected chi connectivity index (χ2v) is 3.87. The van der Waals surface area contributed by atoms with Crippen LogP contribution < -0.4 is 16.3 Å². The van der Waals surface area contributed by atoms with Crippen molar-refractivity contribution in [1.82, 2.24) is 0 Å². The Labute approximate surface area is 94.8 Å². The molecule has 0 spiro atoms. The highest BCUT2D eigenvalue weighted by Crippen LogP contribution is 2.37. The first-order chi connectivity index (χ1) is 8.09. The zero-order valence-corrected chi connectivity index (χ0v) is 8.56. The second kappa shape index (κ2) is 3.01. The first kappa shape index (κ1) is 9.72. The number of phenols is 1. The molecule has 0 aromatic heterocycles. The number of fused-ring (bicyclic) bond motifs is 3. The van der Waals surface area contributed by atoms with Crippen molar-refractivity contribution in [3.8, 4) is 28.0 Å². The summed E-state index contributed by atoms with van der Waals surface area (Å²) in [5.41, 5.74) is -0.391. The van der Waals surface area contributed by atoms with Gasteiger partial charge in [-0.2, -0.15) is 0 Å². The van der Waals surface area contributed by atoms with Gasteiger partial charge in [-0.3, -0.25) is 14.4 Å². The summed E-state index contributed by atoms with van der Waals surface area (Å²) in [7, 11) is 0. The zero-order valence-electron chi connectivity index (χ0n) is 8.56. The van der Waals surface area contributed by atoms with Crippen molar-refractivity contribution in [3.05, 3.63) is 61.0 Å². The van der Waals surface area contributed by atoms with Crippen molar-refractivity contribution >= 4 is 0 Å². The van der Waals surface area contributed by atoms with Gasteiger partial charge in [-0.15, -0.1) is 0 Å². The largest absolute Gasteiger partial charge is 0.507 e. The fourth-order valence-corrected chi connectivity index (χ4v) is 2.12. The molecule has 0 fully saturated rings. The Balaban J connectivity index is 2.70. The zero-order chi connectivity index (χ0) is 12.2. The van der Waals surface area contributed by atoms with E-state index in [-0.39, 0.29) is 44.3 Å². The fraction of sp³-hybridized carbons (Fsp3) is 0. The predicted molar refractivity (Wildman–Crippen MR) is 62.5 cm³/mol. The van der Waals surface area contributed by atoms with Crippen LogP contribution in [0.4, 0.5) is 0 Å². The van der Waals surface area contributed by atoms with Gasteiger partial charge in [0.1, 0.15) is 5.75 Å². The van der Waals surface area contributed by atoms with E-state index in [1.807, 2.05) is 0 Å². The van der Waals surface area contributed by atoms with E-state index in [0.29, 0.717) is 0 Å². The Kier molecular flexibility index (Phi) is 1.72. The van der Waals surface area contributed by atoms with Crippen LogP contribution in [0, 0.1) is 0 Å². The molecule has 17 heavy (non-hydrogen) atoms. The van der Waals surface area contributed by atoms with Crippen molar-refractivity contribution in [3.63, 3.8) is 0 Å². The van der Waals surface area contributed by atoms with Gasteiger partial charge in [0.05, 0.1) is 0 Å². The number of aromatic hydroxyl groups is 1. The van der Waals surface area contributed by atoms with Crippen LogP contribution in [0.3, 0.4) is 0 Å². The number of hydrogen-bond donors (Lipinski definition) is 1. The Hall–Kier alpha value is -2.49. The van der Waals surface area contributed by atoms with Crippen LogP contribution in [-0.4, -0.2) is 5.11 Å². The molecule has 0 aromatic rings. The summed E-state index contributed by atoms with van der Waals surface area (Å²) in [4.78, 5) is 35.0. The number of benzene rings is 2. The van der Waals surface area contributed by atoms with Gasteiger partial charge in [-0.25, -0.2) is 0 Å². The summed E-state index contributed by atoms with van der Waals surface area (Å²) in [6.07, 6.45) is 0. The molecule has 82 valence electrons. The molecule has 0 aromatic carbocycles. The topological polar surface area (TPSA) is 71.4 Å². The van der Waals surface area contributed by atoms with Gasteiger partial charge in [0.25, 0.3) is 0 Å². The SMILES string of the molecule is O=c1ccc(=O)c2c3c(=O)ccc(O)c-3cc1-2. The Morgan fingerprint density at radius 3 is 1.94 bits per heavy atom. The lowest BCUT2D eigenvalue weighted by Gasteiger charge is -2.00. The third kappa shape index (κ3) is 1.15. The quantitative estimate of drug-likeness (QED) is 0.608. The van der Waals surface area contributed by atoms with E-state index in [4.69, 9.17) is 0 Å². The van der Waals surface area contributed by atoms with Crippen LogP contribution in [0.1, 0.15) is 0 Å². The van der Waals surface area contributed by atoms with E-state index in [9.17, 15) is 19.5 Å². The predicted octanol–water partition coefficient (Wildman–Crippen LogP) is 0.558. The minimum absolute atomic E-state index is 0.102. The van der Waals surface area contributed by atoms with E-state index >= 15 is 0 Å². The molecule has 3 rings (SSSR count). The second-order valence-electron chi connectivity index (χ2n) is 3.87. The molecule has 0 heterocycles. The van der Waals surface area contributed by atoms with Crippen LogP contribution in [0.2, 0.25) is 0 Å². The molecule has 0 aliphatic heterocycles. The highest BCUT2D eigenvalue weighted by Gasteiger charge is 2.25. The summed E-state index contributed by atoms with van der Waals surface area (Å²) >= 11 is 0. The highest BCUT2D eigenvalue weighted by atomic mass is 16.3. The normalized spacial score (nSPS) is 11.3. The molecule has 1 N–H and O–H groups in total. The number of rotatable bonds is 0. The summed E-state index contributed by atoms with van der Waals surface area (Å²) in [6, 6.07) is 6.16. The van der Waals surface area contributed by atoms with Gasteiger partial charge < -0.3 is 5.11 Å². The molecule has 4 heteroatoms. The van der Waals surface area contributed by atoms with Gasteiger partial charge in [0, 0.05) is 22.3 Å². The summed E-state index contributed by atoms with van der Waals surface area (Å²) in [5.74, 6) is -0.102. The first-order valence-electron chi connectivity index (χ1n) is 4.98. The molecule has 0 unspecified atom stereocenters. The van der Waals surface area contributed by atoms with Crippen molar-refractivity contribution in [2.45, 2.75) is 0 Å². The molecule has 0 amide bonds. The van der Waals surface area contributed by atoms with E-state index in [2.05, 4.69) is 0 Å². The van der Waals surface area contributed by atoms with E-state index in [0.717, 1.165) is 6.07 Å². The monoisotopic (exact) mass is 226 g/mol. The Bertz CT molecular complexity index is 809. The van der Waals surface area contributed by atoms with Crippen LogP contribution in [-0.2, 0) is 0 Å². The molecular formula is C13H6O4. The smallest absolute Gasteiger partial charge is 0.187 e. The average Bonchev–Trinajstić information content (AvgIpc) is 2.71. The van der Waals surface area contributed by atoms with Crippen LogP contribution >= 0.6 is 0 Å². The number of phenolic OH excluding ortho intramolecular Hbond substituents is 1. The van der Waals surface area contributed by atoms with Gasteiger partial charge in [-0.1, -0.05) is 0 Å². The molecule has 0 saturated carbocycles. The maximum Gasteiger partial charge on any atom is 0.187 e. The van der Waals surface area contributed by atoms with E-state index in [1.54, 1.807) is 0 Å². The van der Waals surface area contributed by atoms with Crippen LogP contribution in [0.25, 0.3) is 22.3 Å². The lowest BCUT2D eigenvalue weighted by atomic mass is 10.0. The molecule has 3 aliphatic rings. The van der Waals surface area contributed by atoms with Crippen LogP contribution in [0.5, 0.6) is 5.75 Å². The molecule has 3 aliphatic carbocycles. The van der Waals surface area contributed by atoms with Gasteiger partial charge >= 0.3 is 0 Å². The average molecular weight is 226 g/mol. The van der Waals surface area contributed by atoms with Gasteiger partial charge in [0.2, 0.25) is 0 Å². The molecular weight excluding hydrogens is 220 g/mol. The molecule has 0 bridgehead atoms. The van der Waals surface area contributed by atoms with Crippen molar-refractivity contribution in [1.29, 1.82) is 0 Å². The highest BCUT2D eigenvalue weighted by molar-refractivity contribution is 5.92. The summed E-state index contributed by atoms with van der Waals surface area (Å²) in [6.45, 7) is 0. The lowest BCUT2D eigenvalue weighted by molar-refractivity contribution is 0.477. The Morgan fingerprint density at radius 2 is 1.24 bits per heavy atom. The molecule has 0 radical (unpaired) electrons. The van der Waals surface area contributed by atoms with Crippen LogP contribution in [0.15, 0.2) is 44.7 Å². The lowest BCUT2D eigenvalue weighted by Crippen LogP contribution is -2.14. The fourth-order valence-electron chi connectivity index (χ4n) is 2.12. The summed E-state index contributed by atoms with van der Waals surface area (Å²) in [5, 5.41) is 9.64. The van der Waals surface area contributed by atoms with E-state index in [1.165, 1.54) is 24.3 Å². The molecule has 0 saturated heterocycles. The molecule has 4 nitrogen and oxygen atoms in total. The van der Waals surface area contributed by atoms with Crippen molar-refractivity contribution < 1.29 is 5.11 Å². The maximum absolute atomic E-state index is 11.7. The van der Waals surface area contributed by atoms with E-state index < -0.39 is 0 Å². The first-order valence-corrected chi connectivity index (χ1v) is 4.98. The van der Waals surface area contributed by atoms with Gasteiger partial charge in [0.15, 0.2) is 16.3 Å². The maximum atomic E-state index is 11.7. The minimum Gasteiger partial charge on any atom is -0.507 e. The van der Waals surface area contributed by atoms with Crippen molar-refractivity contribution in [2.24, 2.45) is 0 Å². The van der Waals surface area contributed by atoms with Crippen molar-refractivity contribution in [2.75, 3.05) is 0 Å². The molecule has 0 atom stereocenters. The third-order valence-corrected chi connectivity index (χ3v) is 2.89.